The third-order valence-electron chi connectivity index (χ3n) is 5.50. The van der Waals surface area contributed by atoms with E-state index >= 15 is 0 Å². The summed E-state index contributed by atoms with van der Waals surface area (Å²) >= 11 is 3.07. The number of carbonyl (C=O) groups excluding carboxylic acids is 2. The number of esters is 1. The quantitative estimate of drug-likeness (QED) is 0.314. The fraction of sp³-hybridized carbons (Fsp3) is 0.750. The number of ether oxygens (including phenoxy) is 1. The lowest BCUT2D eigenvalue weighted by atomic mass is 10.2. The van der Waals surface area contributed by atoms with Crippen LogP contribution in [0.5, 0.6) is 0 Å². The predicted molar refractivity (Wildman–Crippen MR) is 117 cm³/mol. The molecule has 1 aromatic heterocycles. The van der Waals surface area contributed by atoms with Crippen molar-refractivity contribution in [2.45, 2.75) is 43.0 Å². The van der Waals surface area contributed by atoms with Gasteiger partial charge in [0.15, 0.2) is 10.0 Å². The zero-order valence-electron chi connectivity index (χ0n) is 17.5. The predicted octanol–water partition coefficient (Wildman–Crippen LogP) is 2.43. The first-order valence-electron chi connectivity index (χ1n) is 10.5. The third kappa shape index (κ3) is 6.67. The second-order valence-corrected chi connectivity index (χ2v) is 9.92. The molecule has 7 nitrogen and oxygen atoms in total. The van der Waals surface area contributed by atoms with Crippen LogP contribution < -0.4 is 0 Å². The summed E-state index contributed by atoms with van der Waals surface area (Å²) in [7, 11) is 2.16. The van der Waals surface area contributed by atoms with Gasteiger partial charge in [0.1, 0.15) is 0 Å². The molecule has 0 aliphatic carbocycles. The molecule has 3 heterocycles. The Morgan fingerprint density at radius 2 is 2.14 bits per heavy atom. The molecule has 1 amide bonds. The summed E-state index contributed by atoms with van der Waals surface area (Å²) in [6.07, 6.45) is 3.49. The van der Waals surface area contributed by atoms with E-state index in [1.54, 1.807) is 17.1 Å². The van der Waals surface area contributed by atoms with Crippen LogP contribution in [-0.2, 0) is 9.53 Å². The number of aromatic nitrogens is 1. The maximum Gasteiger partial charge on any atom is 0.357 e. The summed E-state index contributed by atoms with van der Waals surface area (Å²) in [6, 6.07) is 0.326. The van der Waals surface area contributed by atoms with E-state index < -0.39 is 0 Å². The molecule has 3 rings (SSSR count). The molecule has 0 spiro atoms. The van der Waals surface area contributed by atoms with E-state index in [0.717, 1.165) is 68.6 Å². The van der Waals surface area contributed by atoms with Gasteiger partial charge in [0, 0.05) is 62.9 Å². The van der Waals surface area contributed by atoms with Crippen LogP contribution >= 0.6 is 23.1 Å². The minimum Gasteiger partial charge on any atom is -0.461 e. The Morgan fingerprint density at radius 3 is 2.90 bits per heavy atom. The number of amides is 1. The standard InChI is InChI=1S/C20H32N4O3S2/c1-3-4-12-27-19(26)17-15-29-20(21-17)28-13-11-24-16(5-6-18(24)25)14-23-9-7-22(2)8-10-23/h15-16H,3-14H2,1-2H3/t16-/m1/s1. The highest BCUT2D eigenvalue weighted by Gasteiger charge is 2.32. The molecule has 0 radical (unpaired) electrons. The number of nitrogens with zero attached hydrogens (tertiary/aromatic N) is 4. The van der Waals surface area contributed by atoms with Gasteiger partial charge in [-0.2, -0.15) is 0 Å². The first-order chi connectivity index (χ1) is 14.1. The zero-order chi connectivity index (χ0) is 20.6. The topological polar surface area (TPSA) is 66.0 Å². The molecule has 0 unspecified atom stereocenters. The Bertz CT molecular complexity index is 676. The minimum absolute atomic E-state index is 0.268. The number of likely N-dealkylation sites (N-methyl/N-ethyl adjacent to an activating group) is 1. The minimum atomic E-state index is -0.344. The van der Waals surface area contributed by atoms with Crippen molar-refractivity contribution >= 4 is 35.0 Å². The van der Waals surface area contributed by atoms with Gasteiger partial charge < -0.3 is 14.5 Å². The van der Waals surface area contributed by atoms with Crippen LogP contribution in [0.2, 0.25) is 0 Å². The number of unbranched alkanes of at least 4 members (excludes halogenated alkanes) is 1. The summed E-state index contributed by atoms with van der Waals surface area (Å²) in [6.45, 7) is 8.59. The summed E-state index contributed by atoms with van der Waals surface area (Å²) < 4.78 is 6.07. The van der Waals surface area contributed by atoms with Gasteiger partial charge in [-0.3, -0.25) is 9.69 Å². The molecule has 0 N–H and O–H groups in total. The smallest absolute Gasteiger partial charge is 0.357 e. The van der Waals surface area contributed by atoms with Gasteiger partial charge in [-0.25, -0.2) is 9.78 Å². The number of thiazole rings is 1. The maximum absolute atomic E-state index is 12.4. The van der Waals surface area contributed by atoms with E-state index in [1.807, 2.05) is 0 Å². The zero-order valence-corrected chi connectivity index (χ0v) is 19.1. The number of carbonyl (C=O) groups is 2. The molecular weight excluding hydrogens is 408 g/mol. The number of thioether (sulfide) groups is 1. The first-order valence-corrected chi connectivity index (χ1v) is 12.4. The highest BCUT2D eigenvalue weighted by atomic mass is 32.2. The van der Waals surface area contributed by atoms with E-state index in [-0.39, 0.29) is 11.9 Å². The van der Waals surface area contributed by atoms with Gasteiger partial charge in [-0.05, 0) is 19.9 Å². The fourth-order valence-electron chi connectivity index (χ4n) is 3.65. The maximum atomic E-state index is 12.4. The molecule has 9 heteroatoms. The number of hydrogen-bond acceptors (Lipinski definition) is 8. The molecule has 0 aromatic carbocycles. The molecule has 1 aromatic rings. The Balaban J connectivity index is 1.42. The highest BCUT2D eigenvalue weighted by Crippen LogP contribution is 2.25. The van der Waals surface area contributed by atoms with Crippen molar-refractivity contribution in [2.24, 2.45) is 0 Å². The molecule has 2 aliphatic heterocycles. The van der Waals surface area contributed by atoms with E-state index in [1.165, 1.54) is 11.3 Å². The van der Waals surface area contributed by atoms with Crippen molar-refractivity contribution in [1.82, 2.24) is 19.7 Å². The normalized spacial score (nSPS) is 21.1. The van der Waals surface area contributed by atoms with E-state index in [2.05, 4.69) is 33.7 Å². The molecule has 2 fully saturated rings. The second kappa shape index (κ2) is 11.3. The Hall–Kier alpha value is -1.16. The number of likely N-dealkylation sites (tertiary alicyclic amines) is 1. The van der Waals surface area contributed by atoms with Crippen LogP contribution in [0, 0.1) is 0 Å². The van der Waals surface area contributed by atoms with Crippen molar-refractivity contribution in [1.29, 1.82) is 0 Å². The summed E-state index contributed by atoms with van der Waals surface area (Å²) in [5, 5.41) is 1.76. The van der Waals surface area contributed by atoms with Gasteiger partial charge in [-0.1, -0.05) is 25.1 Å². The molecule has 0 bridgehead atoms. The van der Waals surface area contributed by atoms with Crippen molar-refractivity contribution in [3.05, 3.63) is 11.1 Å². The van der Waals surface area contributed by atoms with Gasteiger partial charge in [0.05, 0.1) is 6.61 Å². The van der Waals surface area contributed by atoms with Crippen molar-refractivity contribution in [3.8, 4) is 0 Å². The monoisotopic (exact) mass is 440 g/mol. The lowest BCUT2D eigenvalue weighted by molar-refractivity contribution is -0.128. The molecule has 1 atom stereocenters. The van der Waals surface area contributed by atoms with Crippen LogP contribution in [0.25, 0.3) is 0 Å². The SMILES string of the molecule is CCCCOC(=O)c1csc(SCCN2C(=O)CC[C@@H]2CN2CCN(C)CC2)n1. The van der Waals surface area contributed by atoms with Crippen LogP contribution in [0.15, 0.2) is 9.72 Å². The number of rotatable bonds is 10. The van der Waals surface area contributed by atoms with E-state index in [4.69, 9.17) is 4.74 Å². The average molecular weight is 441 g/mol. The van der Waals surface area contributed by atoms with E-state index in [0.29, 0.717) is 24.8 Å². The first kappa shape index (κ1) is 22.5. The van der Waals surface area contributed by atoms with Gasteiger partial charge in [0.2, 0.25) is 5.91 Å². The molecular formula is C20H32N4O3S2. The molecule has 29 heavy (non-hydrogen) atoms. The Morgan fingerprint density at radius 1 is 1.34 bits per heavy atom. The van der Waals surface area contributed by atoms with E-state index in [9.17, 15) is 9.59 Å². The van der Waals surface area contributed by atoms with Gasteiger partial charge in [-0.15, -0.1) is 11.3 Å². The number of piperazine rings is 1. The lowest BCUT2D eigenvalue weighted by Crippen LogP contribution is -2.49. The van der Waals surface area contributed by atoms with Crippen molar-refractivity contribution in [2.75, 3.05) is 58.7 Å². The Labute approximate surface area is 181 Å². The van der Waals surface area contributed by atoms with Crippen molar-refractivity contribution in [3.63, 3.8) is 0 Å². The summed E-state index contributed by atoms with van der Waals surface area (Å²) in [5.41, 5.74) is 0.388. The molecule has 0 saturated carbocycles. The van der Waals surface area contributed by atoms with Crippen molar-refractivity contribution < 1.29 is 14.3 Å². The molecule has 162 valence electrons. The van der Waals surface area contributed by atoms with Crippen LogP contribution in [0.4, 0.5) is 0 Å². The summed E-state index contributed by atoms with van der Waals surface area (Å²) in [5.74, 6) is 0.718. The van der Waals surface area contributed by atoms with Crippen LogP contribution in [-0.4, -0.2) is 96.3 Å². The van der Waals surface area contributed by atoms with Crippen LogP contribution in [0.3, 0.4) is 0 Å². The van der Waals surface area contributed by atoms with Gasteiger partial charge >= 0.3 is 5.97 Å². The second-order valence-electron chi connectivity index (χ2n) is 7.72. The molecule has 2 aliphatic rings. The summed E-state index contributed by atoms with van der Waals surface area (Å²) in [4.78, 5) is 35.6. The molecule has 2 saturated heterocycles. The Kier molecular flexibility index (Phi) is 8.77. The lowest BCUT2D eigenvalue weighted by Gasteiger charge is -2.36. The highest BCUT2D eigenvalue weighted by molar-refractivity contribution is 8.01. The average Bonchev–Trinajstić information content (AvgIpc) is 3.32. The van der Waals surface area contributed by atoms with Gasteiger partial charge in [0.25, 0.3) is 0 Å². The third-order valence-corrected chi connectivity index (χ3v) is 7.50. The largest absolute Gasteiger partial charge is 0.461 e. The number of hydrogen-bond donors (Lipinski definition) is 0. The fourth-order valence-corrected chi connectivity index (χ4v) is 5.45. The van der Waals surface area contributed by atoms with Crippen LogP contribution in [0.1, 0.15) is 43.1 Å².